The minimum Gasteiger partial charge on any atom is -0.497 e. The zero-order valence-corrected chi connectivity index (χ0v) is 50.1. The van der Waals surface area contributed by atoms with Crippen LogP contribution in [0.1, 0.15) is 64.1 Å². The number of carbonyl (C=O) groups is 1. The zero-order chi connectivity index (χ0) is 56.2. The van der Waals surface area contributed by atoms with Gasteiger partial charge in [-0.05, 0) is 167 Å². The molecule has 11 nitrogen and oxygen atoms in total. The molecule has 4 aliphatic heterocycles. The van der Waals surface area contributed by atoms with Crippen molar-refractivity contribution in [3.63, 3.8) is 0 Å². The number of aryl methyl sites for hydroxylation is 2. The Kier molecular flexibility index (Phi) is 23.2. The van der Waals surface area contributed by atoms with Crippen LogP contribution in [0.15, 0.2) is 133 Å². The summed E-state index contributed by atoms with van der Waals surface area (Å²) in [5, 5.41) is 9.86. The van der Waals surface area contributed by atoms with Crippen LogP contribution < -0.4 is 10.1 Å². The third-order valence-electron chi connectivity index (χ3n) is 17.1. The Morgan fingerprint density at radius 3 is 1.75 bits per heavy atom. The van der Waals surface area contributed by atoms with E-state index in [1.54, 1.807) is 7.11 Å². The van der Waals surface area contributed by atoms with Crippen molar-refractivity contribution in [3.05, 3.63) is 173 Å². The molecule has 80 heavy (non-hydrogen) atoms. The number of fused-ring (bicyclic) bond motifs is 3. The van der Waals surface area contributed by atoms with Crippen LogP contribution in [0.25, 0.3) is 32.4 Å². The fourth-order valence-corrected chi connectivity index (χ4v) is 11.5. The zero-order valence-electron chi connectivity index (χ0n) is 50.1. The smallest absolute Gasteiger partial charge is 0.253 e. The molecule has 0 saturated carbocycles. The fraction of sp³-hybridized carbons (Fsp3) is 0.464. The first-order valence-electron chi connectivity index (χ1n) is 30.0. The van der Waals surface area contributed by atoms with Gasteiger partial charge >= 0.3 is 0 Å². The summed E-state index contributed by atoms with van der Waals surface area (Å²) < 4.78 is 7.89. The number of methoxy groups -OCH3 is 1. The van der Waals surface area contributed by atoms with E-state index in [4.69, 9.17) is 4.74 Å². The third kappa shape index (κ3) is 17.3. The molecule has 1 amide bonds. The number of nitrogens with one attached hydrogen (secondary N) is 1. The van der Waals surface area contributed by atoms with Crippen molar-refractivity contribution in [3.8, 4) is 5.75 Å². The normalized spacial score (nSPS) is 17.2. The van der Waals surface area contributed by atoms with Gasteiger partial charge in [0.1, 0.15) is 5.75 Å². The van der Waals surface area contributed by atoms with Crippen LogP contribution in [0.2, 0.25) is 0 Å². The molecule has 11 heteroatoms. The van der Waals surface area contributed by atoms with E-state index < -0.39 is 0 Å². The van der Waals surface area contributed by atoms with Crippen molar-refractivity contribution in [2.24, 2.45) is 0 Å². The minimum atomic E-state index is 0.141. The summed E-state index contributed by atoms with van der Waals surface area (Å²) in [6.45, 7) is 30.6. The van der Waals surface area contributed by atoms with Gasteiger partial charge < -0.3 is 44.0 Å². The molecule has 428 valence electrons. The Hall–Kier alpha value is -5.89. The van der Waals surface area contributed by atoms with E-state index in [0.717, 1.165) is 82.9 Å². The number of aromatic nitrogens is 1. The van der Waals surface area contributed by atoms with Gasteiger partial charge in [-0.2, -0.15) is 0 Å². The molecule has 1 aromatic heterocycles. The highest BCUT2D eigenvalue weighted by molar-refractivity contribution is 5.94. The number of benzene rings is 6. The van der Waals surface area contributed by atoms with Gasteiger partial charge in [-0.15, -0.1) is 0 Å². The molecule has 11 rings (SSSR count). The lowest BCUT2D eigenvalue weighted by Crippen LogP contribution is -2.49. The molecule has 5 heterocycles. The number of amides is 1. The van der Waals surface area contributed by atoms with E-state index in [-0.39, 0.29) is 5.91 Å². The topological polar surface area (TPSA) is 65.9 Å². The second-order valence-electron chi connectivity index (χ2n) is 22.8. The largest absolute Gasteiger partial charge is 0.497 e. The van der Waals surface area contributed by atoms with Gasteiger partial charge in [0, 0.05) is 147 Å². The molecule has 0 radical (unpaired) electrons. The van der Waals surface area contributed by atoms with E-state index in [0.29, 0.717) is 0 Å². The maximum absolute atomic E-state index is 13.4. The van der Waals surface area contributed by atoms with E-state index in [1.165, 1.54) is 151 Å². The van der Waals surface area contributed by atoms with Crippen molar-refractivity contribution < 1.29 is 9.53 Å². The average Bonchev–Trinajstić information content (AvgIpc) is 3.74. The summed E-state index contributed by atoms with van der Waals surface area (Å²) in [5.41, 5.74) is 10.3. The highest BCUT2D eigenvalue weighted by atomic mass is 16.5. The maximum atomic E-state index is 13.4. The van der Waals surface area contributed by atoms with Crippen molar-refractivity contribution in [2.45, 2.75) is 59.9 Å². The summed E-state index contributed by atoms with van der Waals surface area (Å²) >= 11 is 0. The second-order valence-corrected chi connectivity index (χ2v) is 22.8. The molecule has 0 spiro atoms. The number of hydrogen-bond donors (Lipinski definition) is 1. The van der Waals surface area contributed by atoms with Crippen LogP contribution in [-0.2, 0) is 25.8 Å². The quantitative estimate of drug-likeness (QED) is 0.107. The molecule has 0 unspecified atom stereocenters. The van der Waals surface area contributed by atoms with E-state index in [1.807, 2.05) is 49.1 Å². The van der Waals surface area contributed by atoms with Gasteiger partial charge in [-0.3, -0.25) is 9.69 Å². The summed E-state index contributed by atoms with van der Waals surface area (Å²) in [4.78, 5) is 30.3. The monoisotopic (exact) mass is 1080 g/mol. The van der Waals surface area contributed by atoms with Gasteiger partial charge in [-0.25, -0.2) is 0 Å². The standard InChI is InChI=1S/C43H53N5O2.C17H22N2.C5H12N2.C4H8/c1-32-33(2)48(18-5-17-45-22-20-44(3)21-23-45)42-15-9-36(30-41(32)42)28-34-6-10-37(11-7-34)43(49)47-26-24-46(25-27-47)19-16-35-8-12-39-31-40(50-4)14-13-38(39)29-35;1-18-11-13-19(14-12-18)10-9-16-7-4-6-15-5-2-3-8-17(15)16;1-7-4-2-6-3-5-7;1-3-4-2/h6-15,29-31H,5,16-28H2,1-4H3;2-8H,9-14H2,1H3;6H,2-5H2,1H3;3-4H,1-2H3/b;;;4-3-. The number of hydrogen-bond acceptors (Lipinski definition) is 9. The first kappa shape index (κ1) is 60.2. The number of ether oxygens (including phenoxy) is 1. The highest BCUT2D eigenvalue weighted by Gasteiger charge is 2.23. The predicted octanol–water partition coefficient (Wildman–Crippen LogP) is 10.4. The van der Waals surface area contributed by atoms with Crippen LogP contribution >= 0.6 is 0 Å². The number of nitrogens with zero attached hydrogens (tertiary/aromatic N) is 8. The first-order valence-corrected chi connectivity index (χ1v) is 30.0. The molecule has 4 aliphatic rings. The highest BCUT2D eigenvalue weighted by Crippen LogP contribution is 2.28. The molecule has 0 atom stereocenters. The summed E-state index contributed by atoms with van der Waals surface area (Å²) in [6, 6.07) is 43.6. The van der Waals surface area contributed by atoms with Gasteiger partial charge in [-0.1, -0.05) is 97.1 Å². The van der Waals surface area contributed by atoms with Gasteiger partial charge in [0.05, 0.1) is 7.11 Å². The van der Waals surface area contributed by atoms with Crippen LogP contribution in [0.5, 0.6) is 5.75 Å². The minimum absolute atomic E-state index is 0.141. The van der Waals surface area contributed by atoms with Crippen molar-refractivity contribution in [1.82, 2.24) is 44.2 Å². The number of carbonyl (C=O) groups excluding carboxylic acids is 1. The molecule has 4 saturated heterocycles. The van der Waals surface area contributed by atoms with Crippen molar-refractivity contribution in [1.29, 1.82) is 0 Å². The Bertz CT molecular complexity index is 3020. The number of allylic oxidation sites excluding steroid dienone is 2. The molecule has 1 N–H and O–H groups in total. The van der Waals surface area contributed by atoms with Crippen molar-refractivity contribution >= 4 is 38.4 Å². The Balaban J connectivity index is 0.000000227. The Morgan fingerprint density at radius 1 is 0.525 bits per heavy atom. The van der Waals surface area contributed by atoms with Crippen LogP contribution in [-0.4, -0.2) is 197 Å². The van der Waals surface area contributed by atoms with Gasteiger partial charge in [0.15, 0.2) is 0 Å². The number of rotatable bonds is 14. The van der Waals surface area contributed by atoms with E-state index in [2.05, 4.69) is 177 Å². The maximum Gasteiger partial charge on any atom is 0.253 e. The van der Waals surface area contributed by atoms with E-state index >= 15 is 0 Å². The molecular formula is C69H95N9O2. The molecule has 6 aromatic carbocycles. The lowest BCUT2D eigenvalue weighted by atomic mass is 10.0. The van der Waals surface area contributed by atoms with Crippen LogP contribution in [0.4, 0.5) is 0 Å². The van der Waals surface area contributed by atoms with Gasteiger partial charge in [0.2, 0.25) is 0 Å². The summed E-state index contributed by atoms with van der Waals surface area (Å²) in [7, 11) is 8.29. The molecule has 0 bridgehead atoms. The number of likely N-dealkylation sites (N-methyl/N-ethyl adjacent to an activating group) is 3. The van der Waals surface area contributed by atoms with Crippen LogP contribution in [0, 0.1) is 13.8 Å². The lowest BCUT2D eigenvalue weighted by Gasteiger charge is -2.34. The Labute approximate surface area is 480 Å². The van der Waals surface area contributed by atoms with Crippen molar-refractivity contribution in [2.75, 3.05) is 153 Å². The Morgan fingerprint density at radius 2 is 1.10 bits per heavy atom. The number of piperazine rings is 4. The predicted molar refractivity (Wildman–Crippen MR) is 338 cm³/mol. The third-order valence-corrected chi connectivity index (χ3v) is 17.1. The summed E-state index contributed by atoms with van der Waals surface area (Å²) in [5.74, 6) is 1.03. The summed E-state index contributed by atoms with van der Waals surface area (Å²) in [6.07, 6.45) is 8.21. The average molecular weight is 1080 g/mol. The van der Waals surface area contributed by atoms with Crippen LogP contribution in [0.3, 0.4) is 0 Å². The molecular weight excluding hydrogens is 987 g/mol. The molecule has 0 aliphatic carbocycles. The van der Waals surface area contributed by atoms with Gasteiger partial charge in [0.25, 0.3) is 5.91 Å². The lowest BCUT2D eigenvalue weighted by molar-refractivity contribution is 0.0638. The molecule has 4 fully saturated rings. The second kappa shape index (κ2) is 30.8. The SMILES string of the molecule is C/C=C\C.CN1CCN(CCc2cccc3ccccc23)CC1.CN1CCNCC1.COc1ccc2cc(CCN3CCN(C(=O)c4ccc(Cc5ccc6c(c5)c(C)c(C)n6CCCN5CCN(C)CC5)cc4)CC3)ccc2c1. The van der Waals surface area contributed by atoms with E-state index in [9.17, 15) is 4.79 Å². The fourth-order valence-electron chi connectivity index (χ4n) is 11.5. The molecule has 7 aromatic rings. The first-order chi connectivity index (χ1) is 39.0.